The molecule has 2 aromatic rings. The molecular weight excluding hydrogens is 512 g/mol. The van der Waals surface area contributed by atoms with E-state index in [9.17, 15) is 24.3 Å². The second kappa shape index (κ2) is 8.42. The number of hydrogen-bond donors (Lipinski definition) is 4. The number of thioether (sulfide) groups is 1. The van der Waals surface area contributed by atoms with E-state index in [1.54, 1.807) is 46.9 Å². The van der Waals surface area contributed by atoms with Gasteiger partial charge in [-0.05, 0) is 23.1 Å². The summed E-state index contributed by atoms with van der Waals surface area (Å²) in [6.07, 6.45) is 0. The molecule has 0 saturated carbocycles. The molecule has 1 aromatic carbocycles. The number of benzene rings is 1. The van der Waals surface area contributed by atoms with Crippen LogP contribution in [0.25, 0.3) is 0 Å². The SMILES string of the molecule is CN1C2=NNN1SC2C1=C(C(=O)O)N2C(=O)[C@@H](NC(=O)C(c3ccccc3)c3noc(=O)[nH]3)C2SC1. The topological polar surface area (TPSA) is 176 Å². The summed E-state index contributed by atoms with van der Waals surface area (Å²) in [4.78, 5) is 53.9. The number of H-pyrrole nitrogens is 1. The molecule has 4 aliphatic rings. The van der Waals surface area contributed by atoms with E-state index < -0.39 is 40.9 Å². The number of amidine groups is 1. The Bertz CT molecular complexity index is 1390. The number of nitrogens with zero attached hydrogens (tertiary/aromatic N) is 5. The minimum Gasteiger partial charge on any atom is -0.477 e. The minimum atomic E-state index is -1.22. The largest absolute Gasteiger partial charge is 0.477 e. The van der Waals surface area contributed by atoms with Crippen molar-refractivity contribution < 1.29 is 24.0 Å². The van der Waals surface area contributed by atoms with Crippen LogP contribution in [0, 0.1) is 0 Å². The molecule has 4 N–H and O–H groups in total. The van der Waals surface area contributed by atoms with Gasteiger partial charge in [-0.2, -0.15) is 0 Å². The van der Waals surface area contributed by atoms with E-state index in [-0.39, 0.29) is 16.8 Å². The van der Waals surface area contributed by atoms with Crippen molar-refractivity contribution in [2.75, 3.05) is 12.8 Å². The predicted molar refractivity (Wildman–Crippen MR) is 127 cm³/mol. The Morgan fingerprint density at radius 2 is 2.06 bits per heavy atom. The van der Waals surface area contributed by atoms with E-state index in [2.05, 4.69) is 30.6 Å². The number of aromatic amines is 1. The fraction of sp³-hybridized carbons (Fsp3) is 0.300. The maximum atomic E-state index is 13.3. The zero-order chi connectivity index (χ0) is 25.1. The molecule has 0 radical (unpaired) electrons. The third-order valence-electron chi connectivity index (χ3n) is 6.23. The second-order valence-electron chi connectivity index (χ2n) is 8.25. The quantitative estimate of drug-likeness (QED) is 0.272. The average molecular weight is 531 g/mol. The number of aromatic nitrogens is 2. The molecule has 2 saturated heterocycles. The molecule has 5 heterocycles. The number of carboxylic acid groups (broad SMARTS) is 1. The number of rotatable bonds is 6. The van der Waals surface area contributed by atoms with Crippen LogP contribution in [0.1, 0.15) is 17.3 Å². The highest BCUT2D eigenvalue weighted by atomic mass is 32.2. The lowest BCUT2D eigenvalue weighted by Gasteiger charge is -2.50. The summed E-state index contributed by atoms with van der Waals surface area (Å²) in [6, 6.07) is 7.68. The highest BCUT2D eigenvalue weighted by Crippen LogP contribution is 2.46. The third-order valence-corrected chi connectivity index (χ3v) is 8.77. The average Bonchev–Trinajstić information content (AvgIpc) is 3.55. The Hall–Kier alpha value is -3.76. The molecule has 186 valence electrons. The van der Waals surface area contributed by atoms with Crippen molar-refractivity contribution in [2.24, 2.45) is 5.10 Å². The number of amides is 2. The van der Waals surface area contributed by atoms with Crippen LogP contribution in [-0.2, 0) is 14.4 Å². The summed E-state index contributed by atoms with van der Waals surface area (Å²) >= 11 is 2.74. The number of fused-ring (bicyclic) bond motifs is 3. The predicted octanol–water partition coefficient (Wildman–Crippen LogP) is -0.756. The molecule has 2 bridgehead atoms. The molecule has 5 atom stereocenters. The Labute approximate surface area is 210 Å². The highest BCUT2D eigenvalue weighted by Gasteiger charge is 2.57. The van der Waals surface area contributed by atoms with Gasteiger partial charge in [-0.15, -0.1) is 16.9 Å². The Balaban J connectivity index is 1.26. The van der Waals surface area contributed by atoms with Crippen molar-refractivity contribution in [3.05, 3.63) is 63.5 Å². The first-order valence-electron chi connectivity index (χ1n) is 10.7. The van der Waals surface area contributed by atoms with E-state index in [1.807, 2.05) is 0 Å². The van der Waals surface area contributed by atoms with E-state index >= 15 is 0 Å². The lowest BCUT2D eigenvalue weighted by molar-refractivity contribution is -0.150. The summed E-state index contributed by atoms with van der Waals surface area (Å²) in [5, 5.41) is 21.4. The highest BCUT2D eigenvalue weighted by molar-refractivity contribution is 8.01. The fourth-order valence-electron chi connectivity index (χ4n) is 4.54. The number of hydrazine groups is 2. The van der Waals surface area contributed by atoms with Crippen LogP contribution in [0.15, 0.2) is 56.0 Å². The maximum Gasteiger partial charge on any atom is 0.438 e. The number of aliphatic carboxylic acids is 1. The summed E-state index contributed by atoms with van der Waals surface area (Å²) in [7, 11) is 1.80. The number of hydrogen-bond acceptors (Lipinski definition) is 12. The Morgan fingerprint density at radius 3 is 2.67 bits per heavy atom. The number of hydrazone groups is 1. The van der Waals surface area contributed by atoms with Gasteiger partial charge in [0.25, 0.3) is 5.91 Å². The Morgan fingerprint density at radius 1 is 1.28 bits per heavy atom. The van der Waals surface area contributed by atoms with Crippen molar-refractivity contribution in [3.63, 3.8) is 0 Å². The first kappa shape index (κ1) is 22.7. The fourth-order valence-corrected chi connectivity index (χ4v) is 7.17. The summed E-state index contributed by atoms with van der Waals surface area (Å²) in [5.74, 6) is -3.16. The molecule has 36 heavy (non-hydrogen) atoms. The molecule has 4 aliphatic heterocycles. The molecule has 2 fully saturated rings. The van der Waals surface area contributed by atoms with Crippen LogP contribution in [0.4, 0.5) is 0 Å². The van der Waals surface area contributed by atoms with Gasteiger partial charge in [0.2, 0.25) is 5.91 Å². The van der Waals surface area contributed by atoms with Crippen LogP contribution in [0.5, 0.6) is 0 Å². The van der Waals surface area contributed by atoms with Crippen molar-refractivity contribution in [3.8, 4) is 0 Å². The Kier molecular flexibility index (Phi) is 5.31. The smallest absolute Gasteiger partial charge is 0.438 e. The zero-order valence-corrected chi connectivity index (χ0v) is 20.1. The van der Waals surface area contributed by atoms with Crippen molar-refractivity contribution >= 4 is 47.3 Å². The summed E-state index contributed by atoms with van der Waals surface area (Å²) in [5.41, 5.74) is 3.82. The van der Waals surface area contributed by atoms with Gasteiger partial charge in [0.1, 0.15) is 28.3 Å². The molecule has 1 aromatic heterocycles. The van der Waals surface area contributed by atoms with Gasteiger partial charge in [0.05, 0.1) is 0 Å². The minimum absolute atomic E-state index is 0.00107. The molecule has 2 amide bonds. The molecule has 14 nitrogen and oxygen atoms in total. The van der Waals surface area contributed by atoms with Gasteiger partial charge in [-0.25, -0.2) is 15.1 Å². The van der Waals surface area contributed by atoms with Crippen LogP contribution in [0.3, 0.4) is 0 Å². The number of carboxylic acids is 1. The summed E-state index contributed by atoms with van der Waals surface area (Å²) < 4.78 is 6.27. The monoisotopic (exact) mass is 530 g/mol. The van der Waals surface area contributed by atoms with Gasteiger partial charge in [-0.1, -0.05) is 40.0 Å². The standard InChI is InChI=1S/C20H18N8O6S2/c1-26-15-13(36-28(26)25-23-15)9-7-35-18-11(17(30)27(18)12(9)19(31)32)21-16(29)10(8-5-3-2-4-6-8)14-22-20(33)34-24-14/h2-6,10-11,13,18,25H,7H2,1H3,(H,21,29)(H,31,32)(H,22,24,33)/t10?,11-,13?,18?/m1/s1. The summed E-state index contributed by atoms with van der Waals surface area (Å²) in [6.45, 7) is 0. The van der Waals surface area contributed by atoms with E-state index in [1.165, 1.54) is 28.6 Å². The number of nitrogens with one attached hydrogen (secondary N) is 3. The van der Waals surface area contributed by atoms with Gasteiger partial charge in [0, 0.05) is 12.8 Å². The normalized spacial score (nSPS) is 27.2. The lowest BCUT2D eigenvalue weighted by Crippen LogP contribution is -2.71. The van der Waals surface area contributed by atoms with Gasteiger partial charge in [0.15, 0.2) is 11.7 Å². The third kappa shape index (κ3) is 3.40. The first-order chi connectivity index (χ1) is 17.3. The molecule has 16 heteroatoms. The van der Waals surface area contributed by atoms with Crippen LogP contribution >= 0.6 is 23.7 Å². The van der Waals surface area contributed by atoms with Crippen molar-refractivity contribution in [2.45, 2.75) is 22.6 Å². The van der Waals surface area contributed by atoms with E-state index in [0.717, 1.165) is 0 Å². The number of carbonyl (C=O) groups is 3. The molecule has 6 rings (SSSR count). The van der Waals surface area contributed by atoms with E-state index in [4.69, 9.17) is 0 Å². The van der Waals surface area contributed by atoms with Gasteiger partial charge >= 0.3 is 11.7 Å². The van der Waals surface area contributed by atoms with Crippen molar-refractivity contribution in [1.29, 1.82) is 0 Å². The number of β-lactam (4-membered cyclic amide) rings is 1. The molecule has 0 aliphatic carbocycles. The zero-order valence-electron chi connectivity index (χ0n) is 18.4. The lowest BCUT2D eigenvalue weighted by atomic mass is 9.95. The van der Waals surface area contributed by atoms with Crippen molar-refractivity contribution in [1.82, 2.24) is 35.4 Å². The molecule has 0 spiro atoms. The molecule has 4 unspecified atom stereocenters. The number of carbonyl (C=O) groups excluding carboxylic acids is 2. The van der Waals surface area contributed by atoms with Crippen LogP contribution < -0.4 is 16.6 Å². The van der Waals surface area contributed by atoms with Crippen LogP contribution in [-0.4, -0.2) is 82.8 Å². The second-order valence-corrected chi connectivity index (χ2v) is 10.4. The van der Waals surface area contributed by atoms with Gasteiger partial charge < -0.3 is 10.4 Å². The first-order valence-corrected chi connectivity index (χ1v) is 12.6. The van der Waals surface area contributed by atoms with Crippen LogP contribution in [0.2, 0.25) is 0 Å². The van der Waals surface area contributed by atoms with E-state index in [0.29, 0.717) is 22.7 Å². The maximum absolute atomic E-state index is 13.3. The molecular formula is C20H18N8O6S2. The van der Waals surface area contributed by atoms with Gasteiger partial charge in [-0.3, -0.25) is 29.0 Å².